The first-order chi connectivity index (χ1) is 12.2. The van der Waals surface area contributed by atoms with Crippen LogP contribution in [0.1, 0.15) is 26.5 Å². The van der Waals surface area contributed by atoms with Gasteiger partial charge in [0.05, 0.1) is 6.33 Å². The Kier molecular flexibility index (Phi) is 4.07. The Morgan fingerprint density at radius 3 is 2.92 bits per heavy atom. The Labute approximate surface area is 148 Å². The van der Waals surface area contributed by atoms with Gasteiger partial charge in [-0.2, -0.15) is 0 Å². The number of hydrogen-bond donors (Lipinski definition) is 1. The van der Waals surface area contributed by atoms with E-state index >= 15 is 0 Å². The van der Waals surface area contributed by atoms with E-state index in [1.54, 1.807) is 18.7 Å². The van der Waals surface area contributed by atoms with Crippen LogP contribution in [0.3, 0.4) is 0 Å². The van der Waals surface area contributed by atoms with Crippen LogP contribution in [-0.2, 0) is 13.1 Å². The molecule has 0 radical (unpaired) electrons. The van der Waals surface area contributed by atoms with Gasteiger partial charge in [-0.05, 0) is 18.1 Å². The molecular weight excluding hydrogens is 334 g/mol. The number of imidazole rings is 2. The number of carbonyl (C=O) groups is 1. The maximum absolute atomic E-state index is 12.5. The van der Waals surface area contributed by atoms with E-state index in [4.69, 9.17) is 0 Å². The van der Waals surface area contributed by atoms with Crippen molar-refractivity contribution >= 4 is 22.2 Å². The van der Waals surface area contributed by atoms with Crippen LogP contribution in [0.25, 0.3) is 4.96 Å². The van der Waals surface area contributed by atoms with Crippen LogP contribution < -0.4 is 5.32 Å². The molecule has 0 saturated carbocycles. The average molecular weight is 351 g/mol. The van der Waals surface area contributed by atoms with Crippen molar-refractivity contribution in [2.45, 2.75) is 20.0 Å². The third-order valence-electron chi connectivity index (χ3n) is 4.07. The maximum atomic E-state index is 12.5. The fourth-order valence-electron chi connectivity index (χ4n) is 2.80. The maximum Gasteiger partial charge on any atom is 0.263 e. The summed E-state index contributed by atoms with van der Waals surface area (Å²) in [4.78, 5) is 22.3. The molecule has 1 N–H and O–H groups in total. The average Bonchev–Trinajstić information content (AvgIpc) is 3.33. The number of nitrogens with one attached hydrogen (secondary N) is 1. The molecule has 3 aromatic heterocycles. The van der Waals surface area contributed by atoms with E-state index in [9.17, 15) is 4.79 Å². The summed E-state index contributed by atoms with van der Waals surface area (Å²) < 4.78 is 3.95. The second-order valence-electron chi connectivity index (χ2n) is 5.83. The number of nitrogens with zero attached hydrogens (tertiary/aromatic N) is 4. The van der Waals surface area contributed by atoms with Crippen LogP contribution in [0, 0.1) is 6.92 Å². The summed E-state index contributed by atoms with van der Waals surface area (Å²) in [6.45, 7) is 3.20. The number of amides is 1. The van der Waals surface area contributed by atoms with Crippen molar-refractivity contribution in [3.8, 4) is 0 Å². The molecule has 1 aromatic carbocycles. The first-order valence-corrected chi connectivity index (χ1v) is 8.76. The summed E-state index contributed by atoms with van der Waals surface area (Å²) in [6, 6.07) is 8.21. The Morgan fingerprint density at radius 1 is 1.24 bits per heavy atom. The molecule has 6 nitrogen and oxygen atoms in total. The van der Waals surface area contributed by atoms with Crippen LogP contribution in [0.4, 0.5) is 0 Å². The summed E-state index contributed by atoms with van der Waals surface area (Å²) in [6.07, 6.45) is 9.11. The van der Waals surface area contributed by atoms with Crippen LogP contribution in [0.2, 0.25) is 0 Å². The van der Waals surface area contributed by atoms with Gasteiger partial charge >= 0.3 is 0 Å². The number of thiazole rings is 1. The van der Waals surface area contributed by atoms with Gasteiger partial charge < -0.3 is 9.88 Å². The highest BCUT2D eigenvalue weighted by Gasteiger charge is 2.15. The SMILES string of the molecule is Cc1c(C(=O)NCc2cccc(Cn3ccnc3)c2)sc2nccn12. The van der Waals surface area contributed by atoms with Crippen molar-refractivity contribution in [1.29, 1.82) is 0 Å². The van der Waals surface area contributed by atoms with Crippen LogP contribution in [0.15, 0.2) is 55.4 Å². The second kappa shape index (κ2) is 6.52. The molecule has 0 aliphatic rings. The van der Waals surface area contributed by atoms with Crippen molar-refractivity contribution in [2.24, 2.45) is 0 Å². The van der Waals surface area contributed by atoms with Crippen molar-refractivity contribution in [3.63, 3.8) is 0 Å². The van der Waals surface area contributed by atoms with Crippen molar-refractivity contribution < 1.29 is 4.79 Å². The minimum absolute atomic E-state index is 0.0620. The predicted octanol–water partition coefficient (Wildman–Crippen LogP) is 2.88. The largest absolute Gasteiger partial charge is 0.347 e. The highest BCUT2D eigenvalue weighted by atomic mass is 32.1. The number of fused-ring (bicyclic) bond motifs is 1. The molecule has 0 spiro atoms. The third-order valence-corrected chi connectivity index (χ3v) is 5.23. The third kappa shape index (κ3) is 3.18. The van der Waals surface area contributed by atoms with Crippen molar-refractivity contribution in [1.82, 2.24) is 24.3 Å². The van der Waals surface area contributed by atoms with Gasteiger partial charge in [0.25, 0.3) is 5.91 Å². The number of benzene rings is 1. The predicted molar refractivity (Wildman–Crippen MR) is 96.7 cm³/mol. The van der Waals surface area contributed by atoms with Gasteiger partial charge in [0.2, 0.25) is 0 Å². The normalized spacial score (nSPS) is 11.1. The second-order valence-corrected chi connectivity index (χ2v) is 6.81. The molecule has 0 aliphatic heterocycles. The summed E-state index contributed by atoms with van der Waals surface area (Å²) >= 11 is 1.41. The lowest BCUT2D eigenvalue weighted by atomic mass is 10.1. The lowest BCUT2D eigenvalue weighted by Gasteiger charge is -2.08. The van der Waals surface area contributed by atoms with E-state index in [0.29, 0.717) is 11.4 Å². The van der Waals surface area contributed by atoms with Gasteiger partial charge in [0.1, 0.15) is 4.88 Å². The van der Waals surface area contributed by atoms with Gasteiger partial charge in [-0.1, -0.05) is 35.6 Å². The zero-order valence-corrected chi connectivity index (χ0v) is 14.5. The lowest BCUT2D eigenvalue weighted by Crippen LogP contribution is -2.22. The Morgan fingerprint density at radius 2 is 2.12 bits per heavy atom. The quantitative estimate of drug-likeness (QED) is 0.601. The zero-order chi connectivity index (χ0) is 17.2. The highest BCUT2D eigenvalue weighted by Crippen LogP contribution is 2.21. The smallest absolute Gasteiger partial charge is 0.263 e. The molecule has 0 unspecified atom stereocenters. The molecule has 4 aromatic rings. The van der Waals surface area contributed by atoms with Gasteiger partial charge in [0, 0.05) is 43.6 Å². The molecule has 4 rings (SSSR count). The first-order valence-electron chi connectivity index (χ1n) is 7.95. The zero-order valence-electron chi connectivity index (χ0n) is 13.7. The highest BCUT2D eigenvalue weighted by molar-refractivity contribution is 7.19. The van der Waals surface area contributed by atoms with Crippen LogP contribution >= 0.6 is 11.3 Å². The van der Waals surface area contributed by atoms with Crippen molar-refractivity contribution in [3.05, 3.63) is 77.1 Å². The topological polar surface area (TPSA) is 64.2 Å². The number of carbonyl (C=O) groups excluding carboxylic acids is 1. The minimum Gasteiger partial charge on any atom is -0.347 e. The number of hydrogen-bond acceptors (Lipinski definition) is 4. The van der Waals surface area contributed by atoms with Gasteiger partial charge in [0.15, 0.2) is 4.96 Å². The fourth-order valence-corrected chi connectivity index (χ4v) is 3.80. The van der Waals surface area contributed by atoms with E-state index in [1.807, 2.05) is 40.4 Å². The Hall–Kier alpha value is -2.93. The first kappa shape index (κ1) is 15.6. The Bertz CT molecular complexity index is 1020. The molecule has 25 heavy (non-hydrogen) atoms. The molecule has 0 saturated heterocycles. The molecule has 126 valence electrons. The van der Waals surface area contributed by atoms with Gasteiger partial charge in [-0.3, -0.25) is 9.20 Å². The van der Waals surface area contributed by atoms with E-state index in [-0.39, 0.29) is 5.91 Å². The lowest BCUT2D eigenvalue weighted by molar-refractivity contribution is 0.0954. The molecule has 1 amide bonds. The molecule has 0 bridgehead atoms. The molecule has 0 atom stereocenters. The van der Waals surface area contributed by atoms with Crippen LogP contribution in [0.5, 0.6) is 0 Å². The monoisotopic (exact) mass is 351 g/mol. The number of rotatable bonds is 5. The van der Waals surface area contributed by atoms with E-state index in [1.165, 1.54) is 16.9 Å². The fraction of sp³-hybridized carbons (Fsp3) is 0.167. The summed E-state index contributed by atoms with van der Waals surface area (Å²) in [5.74, 6) is -0.0620. The molecular formula is C18H17N5OS. The standard InChI is InChI=1S/C18H17N5OS/c1-13-16(25-18-20-6-8-23(13)18)17(24)21-10-14-3-2-4-15(9-14)11-22-7-5-19-12-22/h2-9,12H,10-11H2,1H3,(H,21,24). The van der Waals surface area contributed by atoms with Gasteiger partial charge in [-0.25, -0.2) is 9.97 Å². The molecule has 0 aliphatic carbocycles. The summed E-state index contributed by atoms with van der Waals surface area (Å²) in [5.41, 5.74) is 3.17. The summed E-state index contributed by atoms with van der Waals surface area (Å²) in [5, 5.41) is 3.00. The molecule has 3 heterocycles. The van der Waals surface area contributed by atoms with E-state index in [0.717, 1.165) is 22.8 Å². The van der Waals surface area contributed by atoms with Gasteiger partial charge in [-0.15, -0.1) is 0 Å². The van der Waals surface area contributed by atoms with E-state index in [2.05, 4.69) is 27.4 Å². The van der Waals surface area contributed by atoms with Crippen LogP contribution in [-0.4, -0.2) is 24.8 Å². The van der Waals surface area contributed by atoms with E-state index < -0.39 is 0 Å². The number of aromatic nitrogens is 4. The molecule has 0 fully saturated rings. The number of aryl methyl sites for hydroxylation is 1. The minimum atomic E-state index is -0.0620. The molecule has 7 heteroatoms. The Balaban J connectivity index is 1.44. The van der Waals surface area contributed by atoms with Crippen molar-refractivity contribution in [2.75, 3.05) is 0 Å². The summed E-state index contributed by atoms with van der Waals surface area (Å²) in [7, 11) is 0.